The van der Waals surface area contributed by atoms with E-state index in [-0.39, 0.29) is 18.2 Å². The van der Waals surface area contributed by atoms with Crippen molar-refractivity contribution in [2.75, 3.05) is 6.54 Å². The van der Waals surface area contributed by atoms with Crippen LogP contribution in [0.5, 0.6) is 0 Å². The second-order valence-corrected chi connectivity index (χ2v) is 5.70. The van der Waals surface area contributed by atoms with Gasteiger partial charge in [0.25, 0.3) is 0 Å². The SMILES string of the molecule is CC(C)(C)OC(=O)N1C[C@H]2C[C@H](N)[C@@H]1C2. The van der Waals surface area contributed by atoms with Crippen molar-refractivity contribution in [3.63, 3.8) is 0 Å². The molecule has 1 amide bonds. The molecule has 4 nitrogen and oxygen atoms in total. The Labute approximate surface area is 90.8 Å². The zero-order valence-corrected chi connectivity index (χ0v) is 9.69. The number of hydrogen-bond donors (Lipinski definition) is 1. The minimum Gasteiger partial charge on any atom is -0.444 e. The molecule has 15 heavy (non-hydrogen) atoms. The minimum absolute atomic E-state index is 0.149. The first kappa shape index (κ1) is 10.7. The van der Waals surface area contributed by atoms with Crippen LogP contribution >= 0.6 is 0 Å². The molecule has 0 aromatic rings. The van der Waals surface area contributed by atoms with Crippen molar-refractivity contribution < 1.29 is 9.53 Å². The smallest absolute Gasteiger partial charge is 0.410 e. The maximum atomic E-state index is 11.8. The van der Waals surface area contributed by atoms with Crippen molar-refractivity contribution in [2.24, 2.45) is 11.7 Å². The van der Waals surface area contributed by atoms with E-state index in [1.165, 1.54) is 0 Å². The van der Waals surface area contributed by atoms with E-state index in [9.17, 15) is 4.79 Å². The predicted molar refractivity (Wildman–Crippen MR) is 57.4 cm³/mol. The molecule has 1 saturated heterocycles. The Morgan fingerprint density at radius 1 is 1.40 bits per heavy atom. The van der Waals surface area contributed by atoms with Gasteiger partial charge in [-0.05, 0) is 39.5 Å². The Morgan fingerprint density at radius 3 is 2.53 bits per heavy atom. The number of likely N-dealkylation sites (tertiary alicyclic amines) is 1. The summed E-state index contributed by atoms with van der Waals surface area (Å²) in [5, 5.41) is 0. The molecule has 1 aliphatic heterocycles. The first-order valence-electron chi connectivity index (χ1n) is 5.62. The molecule has 1 aliphatic carbocycles. The first-order valence-corrected chi connectivity index (χ1v) is 5.62. The van der Waals surface area contributed by atoms with Crippen molar-refractivity contribution in [3.05, 3.63) is 0 Å². The van der Waals surface area contributed by atoms with Gasteiger partial charge in [-0.2, -0.15) is 0 Å². The van der Waals surface area contributed by atoms with Crippen LogP contribution in [0.25, 0.3) is 0 Å². The average molecular weight is 212 g/mol. The predicted octanol–water partition coefficient (Wildman–Crippen LogP) is 1.34. The number of carbonyl (C=O) groups excluding carboxylic acids is 1. The number of nitrogens with zero attached hydrogens (tertiary/aromatic N) is 1. The van der Waals surface area contributed by atoms with Crippen LogP contribution in [0.2, 0.25) is 0 Å². The lowest BCUT2D eigenvalue weighted by Gasteiger charge is -2.33. The Morgan fingerprint density at radius 2 is 2.07 bits per heavy atom. The molecular formula is C11H20N2O2. The third-order valence-electron chi connectivity index (χ3n) is 3.16. The normalized spacial score (nSPS) is 34.7. The molecule has 1 saturated carbocycles. The number of carbonyl (C=O) groups is 1. The van der Waals surface area contributed by atoms with Gasteiger partial charge in [0.2, 0.25) is 0 Å². The van der Waals surface area contributed by atoms with Crippen LogP contribution in [0, 0.1) is 5.92 Å². The number of rotatable bonds is 0. The fourth-order valence-electron chi connectivity index (χ4n) is 2.61. The van der Waals surface area contributed by atoms with E-state index in [0.29, 0.717) is 5.92 Å². The van der Waals surface area contributed by atoms with Crippen molar-refractivity contribution >= 4 is 6.09 Å². The second-order valence-electron chi connectivity index (χ2n) is 5.70. The fourth-order valence-corrected chi connectivity index (χ4v) is 2.61. The number of hydrogen-bond acceptors (Lipinski definition) is 3. The van der Waals surface area contributed by atoms with E-state index in [0.717, 1.165) is 19.4 Å². The summed E-state index contributed by atoms with van der Waals surface area (Å²) in [7, 11) is 0. The van der Waals surface area contributed by atoms with Gasteiger partial charge in [0.15, 0.2) is 0 Å². The van der Waals surface area contributed by atoms with Crippen LogP contribution in [0.15, 0.2) is 0 Å². The number of ether oxygens (including phenoxy) is 1. The summed E-state index contributed by atoms with van der Waals surface area (Å²) >= 11 is 0. The van der Waals surface area contributed by atoms with Crippen LogP contribution in [0.1, 0.15) is 33.6 Å². The van der Waals surface area contributed by atoms with Crippen LogP contribution in [-0.4, -0.2) is 35.2 Å². The standard InChI is InChI=1S/C11H20N2O2/c1-11(2,3)15-10(14)13-6-7-4-8(12)9(13)5-7/h7-9H,4-6,12H2,1-3H3/t7-,8-,9-/m0/s1. The van der Waals surface area contributed by atoms with E-state index < -0.39 is 5.60 Å². The summed E-state index contributed by atoms with van der Waals surface area (Å²) in [6.45, 7) is 6.49. The average Bonchev–Trinajstić information content (AvgIpc) is 2.58. The molecule has 0 spiro atoms. The lowest BCUT2D eigenvalue weighted by molar-refractivity contribution is 0.0172. The highest BCUT2D eigenvalue weighted by molar-refractivity contribution is 5.69. The van der Waals surface area contributed by atoms with E-state index in [4.69, 9.17) is 10.5 Å². The number of piperidine rings is 1. The molecule has 0 aromatic carbocycles. The summed E-state index contributed by atoms with van der Waals surface area (Å²) in [6.07, 6.45) is 1.91. The topological polar surface area (TPSA) is 55.6 Å². The van der Waals surface area contributed by atoms with Gasteiger partial charge in [-0.25, -0.2) is 4.79 Å². The molecule has 2 bridgehead atoms. The Kier molecular flexibility index (Phi) is 2.41. The van der Waals surface area contributed by atoms with E-state index in [1.807, 2.05) is 25.7 Å². The monoisotopic (exact) mass is 212 g/mol. The summed E-state index contributed by atoms with van der Waals surface area (Å²) in [5.41, 5.74) is 5.55. The molecule has 2 fully saturated rings. The van der Waals surface area contributed by atoms with Crippen LogP contribution in [0.3, 0.4) is 0 Å². The Hall–Kier alpha value is -0.770. The van der Waals surface area contributed by atoms with Crippen LogP contribution in [-0.2, 0) is 4.74 Å². The summed E-state index contributed by atoms with van der Waals surface area (Å²) in [4.78, 5) is 13.7. The fraction of sp³-hybridized carbons (Fsp3) is 0.909. The van der Waals surface area contributed by atoms with Gasteiger partial charge in [0.05, 0.1) is 6.04 Å². The summed E-state index contributed by atoms with van der Waals surface area (Å²) < 4.78 is 5.35. The summed E-state index contributed by atoms with van der Waals surface area (Å²) in [5.74, 6) is 0.595. The van der Waals surface area contributed by atoms with E-state index in [2.05, 4.69) is 0 Å². The van der Waals surface area contributed by atoms with Gasteiger partial charge >= 0.3 is 6.09 Å². The molecule has 0 aromatic heterocycles. The third-order valence-corrected chi connectivity index (χ3v) is 3.16. The maximum absolute atomic E-state index is 11.8. The van der Waals surface area contributed by atoms with Crippen LogP contribution in [0.4, 0.5) is 4.79 Å². The van der Waals surface area contributed by atoms with Gasteiger partial charge in [-0.3, -0.25) is 0 Å². The number of fused-ring (bicyclic) bond motifs is 2. The molecule has 2 aliphatic rings. The van der Waals surface area contributed by atoms with E-state index >= 15 is 0 Å². The lowest BCUT2D eigenvalue weighted by Crippen LogP contribution is -2.49. The highest BCUT2D eigenvalue weighted by atomic mass is 16.6. The summed E-state index contributed by atoms with van der Waals surface area (Å²) in [6, 6.07) is 0.362. The zero-order chi connectivity index (χ0) is 11.2. The van der Waals surface area contributed by atoms with Crippen molar-refractivity contribution in [1.29, 1.82) is 0 Å². The number of nitrogens with two attached hydrogens (primary N) is 1. The van der Waals surface area contributed by atoms with Crippen molar-refractivity contribution in [1.82, 2.24) is 4.90 Å². The van der Waals surface area contributed by atoms with Gasteiger partial charge in [0, 0.05) is 12.6 Å². The number of amides is 1. The molecule has 4 heteroatoms. The van der Waals surface area contributed by atoms with Gasteiger partial charge < -0.3 is 15.4 Å². The highest BCUT2D eigenvalue weighted by Gasteiger charge is 2.46. The molecule has 1 heterocycles. The van der Waals surface area contributed by atoms with Crippen molar-refractivity contribution in [3.8, 4) is 0 Å². The lowest BCUT2D eigenvalue weighted by atomic mass is 10.1. The molecule has 2 N–H and O–H groups in total. The third kappa shape index (κ3) is 2.09. The molecule has 0 radical (unpaired) electrons. The quantitative estimate of drug-likeness (QED) is 0.659. The van der Waals surface area contributed by atoms with E-state index in [1.54, 1.807) is 0 Å². The second kappa shape index (κ2) is 3.37. The highest BCUT2D eigenvalue weighted by Crippen LogP contribution is 2.37. The first-order chi connectivity index (χ1) is 6.87. The molecule has 2 rings (SSSR count). The van der Waals surface area contributed by atoms with Crippen molar-refractivity contribution in [2.45, 2.75) is 51.3 Å². The Balaban J connectivity index is 1.98. The van der Waals surface area contributed by atoms with Gasteiger partial charge in [0.1, 0.15) is 5.60 Å². The molecule has 86 valence electrons. The molecule has 0 unspecified atom stereocenters. The Bertz CT molecular complexity index is 272. The zero-order valence-electron chi connectivity index (χ0n) is 9.69. The largest absolute Gasteiger partial charge is 0.444 e. The maximum Gasteiger partial charge on any atom is 0.410 e. The minimum atomic E-state index is -0.414. The van der Waals surface area contributed by atoms with Gasteiger partial charge in [-0.15, -0.1) is 0 Å². The van der Waals surface area contributed by atoms with Gasteiger partial charge in [-0.1, -0.05) is 0 Å². The van der Waals surface area contributed by atoms with Crippen LogP contribution < -0.4 is 5.73 Å². The molecular weight excluding hydrogens is 192 g/mol. The molecule has 3 atom stereocenters.